The van der Waals surface area contributed by atoms with Crippen LogP contribution >= 0.6 is 0 Å². The van der Waals surface area contributed by atoms with Gasteiger partial charge in [0.05, 0.1) is 13.0 Å². The number of carbonyl (C=O) groups is 2. The quantitative estimate of drug-likeness (QED) is 0.0376. The standard InChI is InChI=1S/C43H79NO4/c1-5-9-11-13-14-15-16-17-18-19-20-23-26-29-33-37-43(46)48-41(35-31-12-10-6-2)36-32-28-25-22-21-24-27-30-34-40-47-42(45)38-39-44(7-3)8-4/h14-15,17-18,28,32,41H,5-13,16,19-27,29-31,33-40H2,1-4H3/b15-14-,18-17-,32-28-/t41-/m1/s1. The fraction of sp³-hybridized carbons (Fsp3) is 0.814. The number of carbonyl (C=O) groups excluding carboxylic acids is 2. The van der Waals surface area contributed by atoms with Crippen molar-refractivity contribution in [2.45, 2.75) is 201 Å². The third-order valence-corrected chi connectivity index (χ3v) is 9.13. The fourth-order valence-electron chi connectivity index (χ4n) is 5.83. The first-order chi connectivity index (χ1) is 23.6. The van der Waals surface area contributed by atoms with Gasteiger partial charge in [0.15, 0.2) is 0 Å². The van der Waals surface area contributed by atoms with Crippen molar-refractivity contribution >= 4 is 11.9 Å². The van der Waals surface area contributed by atoms with E-state index in [1.165, 1.54) is 89.9 Å². The molecular weight excluding hydrogens is 594 g/mol. The van der Waals surface area contributed by atoms with E-state index in [-0.39, 0.29) is 18.0 Å². The molecular formula is C43H79NO4. The van der Waals surface area contributed by atoms with Crippen LogP contribution in [0.1, 0.15) is 195 Å². The zero-order chi connectivity index (χ0) is 35.2. The number of ether oxygens (including phenoxy) is 2. The molecule has 0 aromatic heterocycles. The Morgan fingerprint density at radius 2 is 1.06 bits per heavy atom. The van der Waals surface area contributed by atoms with Crippen molar-refractivity contribution < 1.29 is 19.1 Å². The molecule has 0 heterocycles. The third kappa shape index (κ3) is 34.0. The Kier molecular flexibility index (Phi) is 36.4. The molecule has 0 radical (unpaired) electrons. The Bertz CT molecular complexity index is 786. The second-order valence-electron chi connectivity index (χ2n) is 13.6. The highest BCUT2D eigenvalue weighted by Crippen LogP contribution is 2.16. The minimum Gasteiger partial charge on any atom is -0.466 e. The van der Waals surface area contributed by atoms with Crippen LogP contribution in [-0.4, -0.2) is 49.2 Å². The van der Waals surface area contributed by atoms with E-state index in [0.29, 0.717) is 19.4 Å². The first-order valence-electron chi connectivity index (χ1n) is 20.6. The third-order valence-electron chi connectivity index (χ3n) is 9.13. The highest BCUT2D eigenvalue weighted by atomic mass is 16.5. The lowest BCUT2D eigenvalue weighted by Crippen LogP contribution is -2.26. The Hall–Kier alpha value is -1.88. The average molecular weight is 674 g/mol. The smallest absolute Gasteiger partial charge is 0.307 e. The zero-order valence-corrected chi connectivity index (χ0v) is 32.3. The lowest BCUT2D eigenvalue weighted by Gasteiger charge is -2.16. The Morgan fingerprint density at radius 3 is 1.69 bits per heavy atom. The lowest BCUT2D eigenvalue weighted by atomic mass is 10.1. The number of unbranched alkanes of at least 4 members (excludes halogenated alkanes) is 17. The van der Waals surface area contributed by atoms with Gasteiger partial charge in [-0.15, -0.1) is 0 Å². The van der Waals surface area contributed by atoms with E-state index in [4.69, 9.17) is 9.47 Å². The molecule has 48 heavy (non-hydrogen) atoms. The topological polar surface area (TPSA) is 55.8 Å². The maximum Gasteiger partial charge on any atom is 0.307 e. The van der Waals surface area contributed by atoms with Gasteiger partial charge in [-0.25, -0.2) is 0 Å². The normalized spacial score (nSPS) is 12.6. The van der Waals surface area contributed by atoms with Crippen LogP contribution in [0.25, 0.3) is 0 Å². The number of esters is 2. The van der Waals surface area contributed by atoms with Crippen molar-refractivity contribution in [2.24, 2.45) is 0 Å². The minimum absolute atomic E-state index is 0.0102. The monoisotopic (exact) mass is 674 g/mol. The van der Waals surface area contributed by atoms with Crippen molar-refractivity contribution in [1.82, 2.24) is 4.90 Å². The van der Waals surface area contributed by atoms with Gasteiger partial charge < -0.3 is 14.4 Å². The molecule has 0 spiro atoms. The molecule has 0 fully saturated rings. The molecule has 0 N–H and O–H groups in total. The lowest BCUT2D eigenvalue weighted by molar-refractivity contribution is -0.149. The summed E-state index contributed by atoms with van der Waals surface area (Å²) in [6.45, 7) is 12.0. The molecule has 0 amide bonds. The number of allylic oxidation sites excluding steroid dienone is 5. The second kappa shape index (κ2) is 37.9. The van der Waals surface area contributed by atoms with Crippen LogP contribution in [0.5, 0.6) is 0 Å². The number of rotatable bonds is 36. The summed E-state index contributed by atoms with van der Waals surface area (Å²) in [5.74, 6) is -0.0763. The number of nitrogens with zero attached hydrogens (tertiary/aromatic N) is 1. The highest BCUT2D eigenvalue weighted by molar-refractivity contribution is 5.69. The van der Waals surface area contributed by atoms with E-state index in [2.05, 4.69) is 69.1 Å². The summed E-state index contributed by atoms with van der Waals surface area (Å²) in [4.78, 5) is 26.7. The van der Waals surface area contributed by atoms with Gasteiger partial charge in [0.2, 0.25) is 0 Å². The van der Waals surface area contributed by atoms with E-state index < -0.39 is 0 Å². The van der Waals surface area contributed by atoms with Gasteiger partial charge in [-0.05, 0) is 83.7 Å². The van der Waals surface area contributed by atoms with Gasteiger partial charge in [0.1, 0.15) is 6.10 Å². The van der Waals surface area contributed by atoms with Crippen molar-refractivity contribution in [3.8, 4) is 0 Å². The molecule has 0 saturated carbocycles. The SMILES string of the molecule is CCCCC/C=C\C/C=C\CCCCCCCC(=O)O[C@@H](C/C=C\CCCCCCCCOC(=O)CCN(CC)CC)CCCCCC. The molecule has 280 valence electrons. The number of hydrogen-bond donors (Lipinski definition) is 0. The van der Waals surface area contributed by atoms with Crippen molar-refractivity contribution in [3.05, 3.63) is 36.5 Å². The molecule has 0 aromatic carbocycles. The molecule has 0 saturated heterocycles. The molecule has 0 aliphatic carbocycles. The molecule has 0 aromatic rings. The minimum atomic E-state index is -0.0661. The van der Waals surface area contributed by atoms with Gasteiger partial charge >= 0.3 is 11.9 Å². The molecule has 0 unspecified atom stereocenters. The van der Waals surface area contributed by atoms with Crippen molar-refractivity contribution in [3.63, 3.8) is 0 Å². The van der Waals surface area contributed by atoms with Crippen LogP contribution in [0.2, 0.25) is 0 Å². The maximum absolute atomic E-state index is 12.6. The van der Waals surface area contributed by atoms with E-state index in [1.54, 1.807) is 0 Å². The maximum atomic E-state index is 12.6. The van der Waals surface area contributed by atoms with Crippen LogP contribution in [0.4, 0.5) is 0 Å². The van der Waals surface area contributed by atoms with Crippen LogP contribution in [0.3, 0.4) is 0 Å². The molecule has 5 heteroatoms. The molecule has 0 aliphatic heterocycles. The summed E-state index contributed by atoms with van der Waals surface area (Å²) in [6, 6.07) is 0. The highest BCUT2D eigenvalue weighted by Gasteiger charge is 2.13. The number of hydrogen-bond acceptors (Lipinski definition) is 5. The molecule has 1 atom stereocenters. The molecule has 0 aliphatic rings. The van der Waals surface area contributed by atoms with Crippen molar-refractivity contribution in [1.29, 1.82) is 0 Å². The average Bonchev–Trinajstić information content (AvgIpc) is 3.09. The summed E-state index contributed by atoms with van der Waals surface area (Å²) < 4.78 is 11.3. The van der Waals surface area contributed by atoms with Crippen LogP contribution in [0.15, 0.2) is 36.5 Å². The van der Waals surface area contributed by atoms with Gasteiger partial charge in [-0.3, -0.25) is 9.59 Å². The van der Waals surface area contributed by atoms with E-state index in [1.807, 2.05) is 0 Å². The van der Waals surface area contributed by atoms with Crippen LogP contribution in [-0.2, 0) is 19.1 Å². The first-order valence-corrected chi connectivity index (χ1v) is 20.6. The predicted molar refractivity (Wildman–Crippen MR) is 207 cm³/mol. The first kappa shape index (κ1) is 46.1. The van der Waals surface area contributed by atoms with E-state index >= 15 is 0 Å². The predicted octanol–water partition coefficient (Wildman–Crippen LogP) is 12.6. The summed E-state index contributed by atoms with van der Waals surface area (Å²) in [7, 11) is 0. The molecule has 0 bridgehead atoms. The van der Waals surface area contributed by atoms with Crippen LogP contribution < -0.4 is 0 Å². The fourth-order valence-corrected chi connectivity index (χ4v) is 5.83. The Morgan fingerprint density at radius 1 is 0.542 bits per heavy atom. The summed E-state index contributed by atoms with van der Waals surface area (Å²) >= 11 is 0. The summed E-state index contributed by atoms with van der Waals surface area (Å²) in [6.07, 6.45) is 42.7. The Balaban J connectivity index is 3.95. The summed E-state index contributed by atoms with van der Waals surface area (Å²) in [5, 5.41) is 0. The molecule has 0 rings (SSSR count). The van der Waals surface area contributed by atoms with Crippen LogP contribution in [0, 0.1) is 0 Å². The van der Waals surface area contributed by atoms with Crippen molar-refractivity contribution in [2.75, 3.05) is 26.2 Å². The second-order valence-corrected chi connectivity index (χ2v) is 13.6. The van der Waals surface area contributed by atoms with Gasteiger partial charge in [-0.1, -0.05) is 141 Å². The van der Waals surface area contributed by atoms with Gasteiger partial charge in [0.25, 0.3) is 0 Å². The van der Waals surface area contributed by atoms with Gasteiger partial charge in [-0.2, -0.15) is 0 Å². The van der Waals surface area contributed by atoms with Gasteiger partial charge in [0, 0.05) is 19.4 Å². The molecule has 5 nitrogen and oxygen atoms in total. The largest absolute Gasteiger partial charge is 0.466 e. The summed E-state index contributed by atoms with van der Waals surface area (Å²) in [5.41, 5.74) is 0. The van der Waals surface area contributed by atoms with E-state index in [0.717, 1.165) is 83.8 Å². The zero-order valence-electron chi connectivity index (χ0n) is 32.3. The Labute approximate surface area is 298 Å². The van der Waals surface area contributed by atoms with E-state index in [9.17, 15) is 9.59 Å².